The number of aromatic nitrogens is 3. The summed E-state index contributed by atoms with van der Waals surface area (Å²) in [4.78, 5) is 24.8. The Hall–Kier alpha value is -1.96. The Bertz CT molecular complexity index is 496. The number of nitrogens with zero attached hydrogens (tertiary/aromatic N) is 4. The Labute approximate surface area is 123 Å². The van der Waals surface area contributed by atoms with Crippen molar-refractivity contribution in [3.05, 3.63) is 11.9 Å². The highest BCUT2D eigenvalue weighted by Gasteiger charge is 2.18. The van der Waals surface area contributed by atoms with Crippen molar-refractivity contribution in [1.82, 2.24) is 25.2 Å². The van der Waals surface area contributed by atoms with Gasteiger partial charge in [-0.2, -0.15) is 0 Å². The zero-order valence-corrected chi connectivity index (χ0v) is 12.2. The van der Waals surface area contributed by atoms with Crippen LogP contribution in [0.5, 0.6) is 0 Å². The van der Waals surface area contributed by atoms with E-state index in [0.29, 0.717) is 6.54 Å². The Morgan fingerprint density at radius 3 is 2.76 bits per heavy atom. The normalized spacial score (nSPS) is 17.4. The molecule has 116 valence electrons. The second kappa shape index (κ2) is 7.16. The smallest absolute Gasteiger partial charge is 0.325 e. The number of amides is 1. The fraction of sp³-hybridized carbons (Fsp3) is 0.692. The molecule has 0 aromatic carbocycles. The van der Waals surface area contributed by atoms with E-state index in [4.69, 9.17) is 5.11 Å². The summed E-state index contributed by atoms with van der Waals surface area (Å²) < 4.78 is 1.13. The number of carbonyl (C=O) groups excluding carboxylic acids is 1. The molecular formula is C13H21N5O3. The molecule has 2 N–H and O–H groups in total. The van der Waals surface area contributed by atoms with Gasteiger partial charge in [-0.15, -0.1) is 5.10 Å². The summed E-state index contributed by atoms with van der Waals surface area (Å²) in [5, 5.41) is 18.8. The summed E-state index contributed by atoms with van der Waals surface area (Å²) in [6, 6.07) is 0.281. The summed E-state index contributed by atoms with van der Waals surface area (Å²) in [5.41, 5.74) is 0.141. The summed E-state index contributed by atoms with van der Waals surface area (Å²) in [6.07, 6.45) is 5.04. The van der Waals surface area contributed by atoms with Crippen LogP contribution in [0.1, 0.15) is 36.7 Å². The van der Waals surface area contributed by atoms with Crippen molar-refractivity contribution in [1.29, 1.82) is 0 Å². The minimum Gasteiger partial charge on any atom is -0.480 e. The lowest BCUT2D eigenvalue weighted by Crippen LogP contribution is -2.44. The first kappa shape index (κ1) is 15.4. The van der Waals surface area contributed by atoms with Crippen LogP contribution in [0.4, 0.5) is 0 Å². The van der Waals surface area contributed by atoms with E-state index in [0.717, 1.165) is 17.8 Å². The minimum atomic E-state index is -1.02. The third kappa shape index (κ3) is 4.52. The van der Waals surface area contributed by atoms with Crippen molar-refractivity contribution in [2.24, 2.45) is 0 Å². The molecule has 0 radical (unpaired) electrons. The van der Waals surface area contributed by atoms with Gasteiger partial charge in [0.25, 0.3) is 5.91 Å². The van der Waals surface area contributed by atoms with Crippen LogP contribution in [0.25, 0.3) is 0 Å². The number of rotatable bonds is 6. The molecule has 1 amide bonds. The van der Waals surface area contributed by atoms with E-state index in [1.165, 1.54) is 25.5 Å². The van der Waals surface area contributed by atoms with Gasteiger partial charge in [0.05, 0.1) is 6.20 Å². The van der Waals surface area contributed by atoms with Crippen LogP contribution in [0.3, 0.4) is 0 Å². The number of carboxylic acid groups (broad SMARTS) is 1. The van der Waals surface area contributed by atoms with Crippen molar-refractivity contribution < 1.29 is 14.7 Å². The third-order valence-corrected chi connectivity index (χ3v) is 3.64. The Morgan fingerprint density at radius 1 is 1.38 bits per heavy atom. The van der Waals surface area contributed by atoms with Gasteiger partial charge in [-0.05, 0) is 32.9 Å². The van der Waals surface area contributed by atoms with Crippen LogP contribution in [0.15, 0.2) is 6.20 Å². The Morgan fingerprint density at radius 2 is 2.10 bits per heavy atom. The van der Waals surface area contributed by atoms with Gasteiger partial charge in [-0.1, -0.05) is 11.6 Å². The van der Waals surface area contributed by atoms with Crippen molar-refractivity contribution >= 4 is 11.9 Å². The molecule has 1 aromatic rings. The molecule has 0 aliphatic carbocycles. The third-order valence-electron chi connectivity index (χ3n) is 3.64. The molecule has 1 aliphatic rings. The van der Waals surface area contributed by atoms with Gasteiger partial charge in [0.2, 0.25) is 0 Å². The number of carbonyl (C=O) groups is 2. The number of hydrogen-bond acceptors (Lipinski definition) is 5. The molecule has 21 heavy (non-hydrogen) atoms. The van der Waals surface area contributed by atoms with Gasteiger partial charge in [0.1, 0.15) is 6.54 Å². The molecule has 0 saturated carbocycles. The maximum Gasteiger partial charge on any atom is 0.325 e. The van der Waals surface area contributed by atoms with Crippen LogP contribution in [-0.4, -0.2) is 62.6 Å². The van der Waals surface area contributed by atoms with E-state index in [-0.39, 0.29) is 24.2 Å². The largest absolute Gasteiger partial charge is 0.480 e. The highest BCUT2D eigenvalue weighted by Crippen LogP contribution is 2.11. The number of likely N-dealkylation sites (tertiary alicyclic amines) is 1. The summed E-state index contributed by atoms with van der Waals surface area (Å²) in [6.45, 7) is 4.49. The second-order valence-corrected chi connectivity index (χ2v) is 5.35. The van der Waals surface area contributed by atoms with Gasteiger partial charge >= 0.3 is 5.97 Å². The van der Waals surface area contributed by atoms with Crippen LogP contribution in [0.2, 0.25) is 0 Å². The van der Waals surface area contributed by atoms with Crippen LogP contribution >= 0.6 is 0 Å². The summed E-state index contributed by atoms with van der Waals surface area (Å²) >= 11 is 0. The van der Waals surface area contributed by atoms with Crippen LogP contribution in [0, 0.1) is 0 Å². The van der Waals surface area contributed by atoms with Gasteiger partial charge in [-0.3, -0.25) is 14.5 Å². The summed E-state index contributed by atoms with van der Waals surface area (Å²) in [7, 11) is 0. The molecule has 8 nitrogen and oxygen atoms in total. The van der Waals surface area contributed by atoms with Gasteiger partial charge in [0.15, 0.2) is 5.69 Å². The summed E-state index contributed by atoms with van der Waals surface area (Å²) in [5.74, 6) is -1.35. The molecule has 1 aliphatic heterocycles. The van der Waals surface area contributed by atoms with E-state index in [9.17, 15) is 9.59 Å². The van der Waals surface area contributed by atoms with Gasteiger partial charge < -0.3 is 10.4 Å². The van der Waals surface area contributed by atoms with Crippen molar-refractivity contribution in [3.63, 3.8) is 0 Å². The average molecular weight is 295 g/mol. The molecule has 0 bridgehead atoms. The lowest BCUT2D eigenvalue weighted by Gasteiger charge is -2.32. The average Bonchev–Trinajstić information content (AvgIpc) is 2.93. The zero-order valence-electron chi connectivity index (χ0n) is 12.2. The van der Waals surface area contributed by atoms with E-state index < -0.39 is 5.97 Å². The molecule has 1 aromatic heterocycles. The highest BCUT2D eigenvalue weighted by atomic mass is 16.4. The zero-order chi connectivity index (χ0) is 15.2. The number of nitrogens with one attached hydrogen (secondary N) is 1. The lowest BCUT2D eigenvalue weighted by molar-refractivity contribution is -0.137. The lowest BCUT2D eigenvalue weighted by atomic mass is 10.1. The number of aliphatic carboxylic acids is 1. The first-order valence-corrected chi connectivity index (χ1v) is 7.20. The quantitative estimate of drug-likeness (QED) is 0.764. The first-order valence-electron chi connectivity index (χ1n) is 7.20. The fourth-order valence-corrected chi connectivity index (χ4v) is 2.44. The minimum absolute atomic E-state index is 0.141. The molecule has 2 heterocycles. The Kier molecular flexibility index (Phi) is 5.26. The molecule has 1 atom stereocenters. The van der Waals surface area contributed by atoms with Crippen molar-refractivity contribution in [3.8, 4) is 0 Å². The Balaban J connectivity index is 1.80. The number of piperidine rings is 1. The van der Waals surface area contributed by atoms with Gasteiger partial charge in [0, 0.05) is 12.6 Å². The second-order valence-electron chi connectivity index (χ2n) is 5.35. The highest BCUT2D eigenvalue weighted by molar-refractivity contribution is 5.91. The van der Waals surface area contributed by atoms with Gasteiger partial charge in [-0.25, -0.2) is 4.68 Å². The predicted octanol–water partition coefficient (Wildman–Crippen LogP) is -0.0331. The van der Waals surface area contributed by atoms with Crippen molar-refractivity contribution in [2.45, 2.75) is 38.8 Å². The van der Waals surface area contributed by atoms with Crippen molar-refractivity contribution in [2.75, 3.05) is 19.6 Å². The molecule has 2 rings (SSSR count). The van der Waals surface area contributed by atoms with E-state index in [2.05, 4.69) is 27.5 Å². The molecular weight excluding hydrogens is 274 g/mol. The van der Waals surface area contributed by atoms with E-state index in [1.54, 1.807) is 0 Å². The number of carboxylic acids is 1. The fourth-order valence-electron chi connectivity index (χ4n) is 2.44. The predicted molar refractivity (Wildman–Crippen MR) is 74.9 cm³/mol. The first-order chi connectivity index (χ1) is 10.1. The molecule has 1 fully saturated rings. The van der Waals surface area contributed by atoms with Crippen LogP contribution < -0.4 is 5.32 Å². The molecule has 1 unspecified atom stereocenters. The van der Waals surface area contributed by atoms with E-state index in [1.807, 2.05) is 0 Å². The monoisotopic (exact) mass is 295 g/mol. The number of hydrogen-bond donors (Lipinski definition) is 2. The molecule has 8 heteroatoms. The SMILES string of the molecule is CC(CNC(=O)c1cn(CC(=O)O)nn1)N1CCCCC1. The molecule has 0 spiro atoms. The standard InChI is InChI=1S/C13H21N5O3/c1-10(17-5-3-2-4-6-17)7-14-13(21)11-8-18(16-15-11)9-12(19)20/h8,10H,2-7,9H2,1H3,(H,14,21)(H,19,20). The van der Waals surface area contributed by atoms with Crippen LogP contribution in [-0.2, 0) is 11.3 Å². The molecule has 1 saturated heterocycles. The maximum atomic E-state index is 11.9. The maximum absolute atomic E-state index is 11.9. The topological polar surface area (TPSA) is 100 Å². The van der Waals surface area contributed by atoms with E-state index >= 15 is 0 Å².